The van der Waals surface area contributed by atoms with E-state index in [2.05, 4.69) is 15.9 Å². The van der Waals surface area contributed by atoms with Crippen molar-refractivity contribution in [3.8, 4) is 0 Å². The Bertz CT molecular complexity index is 574. The van der Waals surface area contributed by atoms with E-state index in [0.29, 0.717) is 20.3 Å². The van der Waals surface area contributed by atoms with Crippen molar-refractivity contribution in [2.75, 3.05) is 6.54 Å². The van der Waals surface area contributed by atoms with Gasteiger partial charge in [0.15, 0.2) is 4.67 Å². The van der Waals surface area contributed by atoms with Crippen LogP contribution >= 0.6 is 39.1 Å². The minimum absolute atomic E-state index is 0.250. The van der Waals surface area contributed by atoms with Crippen LogP contribution in [0.25, 0.3) is 0 Å². The van der Waals surface area contributed by atoms with Gasteiger partial charge >= 0.3 is 0 Å². The maximum absolute atomic E-state index is 10.4. The maximum atomic E-state index is 10.4. The van der Waals surface area contributed by atoms with Gasteiger partial charge < -0.3 is 15.3 Å². The van der Waals surface area contributed by atoms with Crippen LogP contribution in [0.5, 0.6) is 0 Å². The molecule has 2 unspecified atom stereocenters. The molecule has 1 aromatic carbocycles. The van der Waals surface area contributed by atoms with E-state index in [0.717, 1.165) is 5.56 Å². The van der Waals surface area contributed by atoms with Gasteiger partial charge in [0.2, 0.25) is 0 Å². The highest BCUT2D eigenvalue weighted by Crippen LogP contribution is 2.38. The van der Waals surface area contributed by atoms with Gasteiger partial charge in [-0.25, -0.2) is 0 Å². The highest BCUT2D eigenvalue weighted by atomic mass is 79.9. The number of hydrogen-bond acceptors (Lipinski definition) is 3. The summed E-state index contributed by atoms with van der Waals surface area (Å²) in [4.78, 5) is 0. The average Bonchev–Trinajstić information content (AvgIpc) is 2.78. The summed E-state index contributed by atoms with van der Waals surface area (Å²) in [5.41, 5.74) is 7.17. The number of aliphatic hydroxyl groups is 1. The van der Waals surface area contributed by atoms with E-state index in [1.54, 1.807) is 24.3 Å². The SMILES string of the molecule is NCC(c1ccc(Cl)cc1Cl)C(O)c1ccoc1Br. The number of halogens is 3. The van der Waals surface area contributed by atoms with Gasteiger partial charge in [-0.3, -0.25) is 0 Å². The van der Waals surface area contributed by atoms with Crippen molar-refractivity contribution in [2.45, 2.75) is 12.0 Å². The number of rotatable bonds is 4. The molecule has 2 rings (SSSR count). The number of benzene rings is 1. The second-order valence-electron chi connectivity index (χ2n) is 4.10. The fourth-order valence-corrected chi connectivity index (χ4v) is 2.98. The van der Waals surface area contributed by atoms with E-state index in [1.807, 2.05) is 0 Å². The highest BCUT2D eigenvalue weighted by Gasteiger charge is 2.26. The molecule has 0 aliphatic rings. The lowest BCUT2D eigenvalue weighted by Gasteiger charge is -2.22. The third-order valence-corrected chi connectivity index (χ3v) is 4.17. The number of furan rings is 1. The molecule has 1 aromatic heterocycles. The Morgan fingerprint density at radius 1 is 1.26 bits per heavy atom. The third-order valence-electron chi connectivity index (χ3n) is 2.96. The fraction of sp³-hybridized carbons (Fsp3) is 0.231. The normalized spacial score (nSPS) is 14.4. The van der Waals surface area contributed by atoms with Crippen LogP contribution in [0.15, 0.2) is 39.6 Å². The van der Waals surface area contributed by atoms with Gasteiger partial charge in [-0.2, -0.15) is 0 Å². The topological polar surface area (TPSA) is 59.4 Å². The number of hydrogen-bond donors (Lipinski definition) is 2. The van der Waals surface area contributed by atoms with Crippen molar-refractivity contribution < 1.29 is 9.52 Å². The lowest BCUT2D eigenvalue weighted by atomic mass is 9.90. The van der Waals surface area contributed by atoms with E-state index in [1.165, 1.54) is 6.26 Å². The van der Waals surface area contributed by atoms with Crippen LogP contribution in [0, 0.1) is 0 Å². The van der Waals surface area contributed by atoms with Crippen LogP contribution in [0.1, 0.15) is 23.1 Å². The lowest BCUT2D eigenvalue weighted by molar-refractivity contribution is 0.145. The van der Waals surface area contributed by atoms with Crippen molar-refractivity contribution in [1.82, 2.24) is 0 Å². The monoisotopic (exact) mass is 363 g/mol. The fourth-order valence-electron chi connectivity index (χ4n) is 1.96. The van der Waals surface area contributed by atoms with Crippen molar-refractivity contribution in [2.24, 2.45) is 5.73 Å². The van der Waals surface area contributed by atoms with Gasteiger partial charge in [0.25, 0.3) is 0 Å². The zero-order valence-corrected chi connectivity index (χ0v) is 12.9. The molecule has 102 valence electrons. The van der Waals surface area contributed by atoms with Crippen LogP contribution in [-0.2, 0) is 0 Å². The summed E-state index contributed by atoms with van der Waals surface area (Å²) in [6.45, 7) is 0.250. The van der Waals surface area contributed by atoms with E-state index in [4.69, 9.17) is 33.4 Å². The molecule has 3 N–H and O–H groups in total. The number of aliphatic hydroxyl groups excluding tert-OH is 1. The van der Waals surface area contributed by atoms with Crippen LogP contribution in [-0.4, -0.2) is 11.7 Å². The largest absolute Gasteiger partial charge is 0.457 e. The van der Waals surface area contributed by atoms with Gasteiger partial charge in [-0.15, -0.1) is 0 Å². The molecule has 19 heavy (non-hydrogen) atoms. The van der Waals surface area contributed by atoms with Crippen LogP contribution in [0.2, 0.25) is 10.0 Å². The Kier molecular flexibility index (Phi) is 4.92. The molecule has 0 spiro atoms. The second kappa shape index (κ2) is 6.29. The van der Waals surface area contributed by atoms with Crippen LogP contribution < -0.4 is 5.73 Å². The standard InChI is InChI=1S/C13H12BrCl2NO2/c14-13-9(3-4-19-13)12(18)10(6-17)8-2-1-7(15)5-11(8)16/h1-5,10,12,18H,6,17H2. The van der Waals surface area contributed by atoms with E-state index < -0.39 is 6.10 Å². The van der Waals surface area contributed by atoms with Gasteiger partial charge in [0.1, 0.15) is 0 Å². The van der Waals surface area contributed by atoms with Crippen molar-refractivity contribution in [3.63, 3.8) is 0 Å². The maximum Gasteiger partial charge on any atom is 0.174 e. The molecule has 0 amide bonds. The summed E-state index contributed by atoms with van der Waals surface area (Å²) >= 11 is 15.3. The third kappa shape index (κ3) is 3.15. The first-order chi connectivity index (χ1) is 9.04. The molecule has 0 aliphatic heterocycles. The zero-order valence-electron chi connectivity index (χ0n) is 9.82. The van der Waals surface area contributed by atoms with Gasteiger partial charge in [-0.05, 0) is 39.7 Å². The molecule has 0 radical (unpaired) electrons. The summed E-state index contributed by atoms with van der Waals surface area (Å²) < 4.78 is 5.62. The number of nitrogens with two attached hydrogens (primary N) is 1. The predicted octanol–water partition coefficient (Wildman–Crippen LogP) is 4.12. The Morgan fingerprint density at radius 2 is 2.00 bits per heavy atom. The molecule has 0 saturated carbocycles. The molecule has 0 bridgehead atoms. The van der Waals surface area contributed by atoms with Crippen molar-refractivity contribution in [3.05, 3.63) is 56.4 Å². The van der Waals surface area contributed by atoms with E-state index in [-0.39, 0.29) is 12.5 Å². The predicted molar refractivity (Wildman–Crippen MR) is 79.6 cm³/mol. The van der Waals surface area contributed by atoms with Gasteiger partial charge in [0, 0.05) is 28.1 Å². The highest BCUT2D eigenvalue weighted by molar-refractivity contribution is 9.10. The summed E-state index contributed by atoms with van der Waals surface area (Å²) in [6.07, 6.45) is 0.691. The molecule has 2 atom stereocenters. The molecular weight excluding hydrogens is 353 g/mol. The molecule has 6 heteroatoms. The van der Waals surface area contributed by atoms with Crippen LogP contribution in [0.4, 0.5) is 0 Å². The molecular formula is C13H12BrCl2NO2. The first-order valence-electron chi connectivity index (χ1n) is 5.60. The summed E-state index contributed by atoms with van der Waals surface area (Å²) in [7, 11) is 0. The quantitative estimate of drug-likeness (QED) is 0.857. The minimum Gasteiger partial charge on any atom is -0.457 e. The van der Waals surface area contributed by atoms with Gasteiger partial charge in [0.05, 0.1) is 12.4 Å². The van der Waals surface area contributed by atoms with E-state index >= 15 is 0 Å². The Balaban J connectivity index is 2.37. The molecule has 0 fully saturated rings. The second-order valence-corrected chi connectivity index (χ2v) is 5.67. The molecule has 3 nitrogen and oxygen atoms in total. The summed E-state index contributed by atoms with van der Waals surface area (Å²) in [6, 6.07) is 6.83. The summed E-state index contributed by atoms with van der Waals surface area (Å²) in [5.74, 6) is -0.335. The smallest absolute Gasteiger partial charge is 0.174 e. The molecule has 2 aromatic rings. The lowest BCUT2D eigenvalue weighted by Crippen LogP contribution is -2.20. The van der Waals surface area contributed by atoms with Crippen molar-refractivity contribution in [1.29, 1.82) is 0 Å². The average molecular weight is 365 g/mol. The Hall–Kier alpha value is -0.520. The van der Waals surface area contributed by atoms with Crippen molar-refractivity contribution >= 4 is 39.1 Å². The van der Waals surface area contributed by atoms with Crippen LogP contribution in [0.3, 0.4) is 0 Å². The summed E-state index contributed by atoms with van der Waals surface area (Å²) in [5, 5.41) is 11.5. The Morgan fingerprint density at radius 3 is 2.53 bits per heavy atom. The molecule has 0 aliphatic carbocycles. The first kappa shape index (κ1) is 14.9. The van der Waals surface area contributed by atoms with Gasteiger partial charge in [-0.1, -0.05) is 29.3 Å². The minimum atomic E-state index is -0.809. The molecule has 1 heterocycles. The van der Waals surface area contributed by atoms with E-state index in [9.17, 15) is 5.11 Å². The first-order valence-corrected chi connectivity index (χ1v) is 7.15. The zero-order chi connectivity index (χ0) is 14.0. The Labute approximate surface area is 129 Å². The molecule has 0 saturated heterocycles.